The maximum absolute atomic E-state index is 13.2. The summed E-state index contributed by atoms with van der Waals surface area (Å²) in [6, 6.07) is -0.926. The van der Waals surface area contributed by atoms with Gasteiger partial charge in [-0.15, -0.1) is 0 Å². The maximum atomic E-state index is 13.2. The first-order valence-electron chi connectivity index (χ1n) is 29.6. The van der Waals surface area contributed by atoms with Gasteiger partial charge < -0.3 is 65.1 Å². The van der Waals surface area contributed by atoms with Gasteiger partial charge in [-0.2, -0.15) is 0 Å². The van der Waals surface area contributed by atoms with Crippen molar-refractivity contribution in [3.63, 3.8) is 0 Å². The minimum Gasteiger partial charge on any atom is -0.394 e. The molecule has 72 heavy (non-hydrogen) atoms. The zero-order valence-electron chi connectivity index (χ0n) is 45.4. The fourth-order valence-electron chi connectivity index (χ4n) is 9.84. The van der Waals surface area contributed by atoms with Crippen molar-refractivity contribution in [1.82, 2.24) is 5.32 Å². The molecule has 2 fully saturated rings. The van der Waals surface area contributed by atoms with E-state index in [1.165, 1.54) is 180 Å². The first-order valence-corrected chi connectivity index (χ1v) is 29.6. The van der Waals surface area contributed by atoms with Crippen molar-refractivity contribution in [3.05, 3.63) is 24.3 Å². The highest BCUT2D eigenvalue weighted by molar-refractivity contribution is 5.76. The number of nitrogens with one attached hydrogen (secondary N) is 1. The number of allylic oxidation sites excluding steroid dienone is 3. The van der Waals surface area contributed by atoms with E-state index in [0.717, 1.165) is 32.1 Å². The summed E-state index contributed by atoms with van der Waals surface area (Å²) in [5.41, 5.74) is 0. The van der Waals surface area contributed by atoms with Crippen LogP contribution in [0.3, 0.4) is 0 Å². The van der Waals surface area contributed by atoms with Crippen molar-refractivity contribution in [3.8, 4) is 0 Å². The van der Waals surface area contributed by atoms with Crippen LogP contribution < -0.4 is 5.32 Å². The lowest BCUT2D eigenvalue weighted by molar-refractivity contribution is -0.359. The lowest BCUT2D eigenvalue weighted by Crippen LogP contribution is -2.65. The van der Waals surface area contributed by atoms with Crippen molar-refractivity contribution in [2.24, 2.45) is 0 Å². The fraction of sp³-hybridized carbons (Fsp3) is 0.914. The zero-order valence-corrected chi connectivity index (χ0v) is 45.4. The third-order valence-electron chi connectivity index (χ3n) is 14.6. The number of ether oxygens (including phenoxy) is 4. The molecule has 0 aromatic heterocycles. The van der Waals surface area contributed by atoms with Gasteiger partial charge in [0.1, 0.15) is 48.8 Å². The van der Waals surface area contributed by atoms with Crippen LogP contribution >= 0.6 is 0 Å². The Balaban J connectivity index is 1.73. The van der Waals surface area contributed by atoms with Gasteiger partial charge in [0, 0.05) is 6.42 Å². The Hall–Kier alpha value is -1.53. The number of hydrogen-bond donors (Lipinski definition) is 9. The number of carbonyl (C=O) groups is 1. The van der Waals surface area contributed by atoms with E-state index in [4.69, 9.17) is 18.9 Å². The van der Waals surface area contributed by atoms with Gasteiger partial charge in [0.25, 0.3) is 0 Å². The van der Waals surface area contributed by atoms with Gasteiger partial charge in [-0.25, -0.2) is 0 Å². The highest BCUT2D eigenvalue weighted by Crippen LogP contribution is 2.30. The molecule has 0 aromatic rings. The molecule has 12 atom stereocenters. The summed E-state index contributed by atoms with van der Waals surface area (Å²) < 4.78 is 22.7. The molecule has 0 radical (unpaired) electrons. The molecule has 2 aliphatic heterocycles. The Morgan fingerprint density at radius 2 is 0.889 bits per heavy atom. The Labute approximate surface area is 437 Å². The summed E-state index contributed by atoms with van der Waals surface area (Å²) in [4.78, 5) is 13.2. The zero-order chi connectivity index (χ0) is 52.4. The van der Waals surface area contributed by atoms with Crippen LogP contribution in [0.15, 0.2) is 24.3 Å². The topological polar surface area (TPSA) is 228 Å². The third kappa shape index (κ3) is 30.3. The van der Waals surface area contributed by atoms with E-state index < -0.39 is 86.8 Å². The third-order valence-corrected chi connectivity index (χ3v) is 14.6. The molecule has 0 aliphatic carbocycles. The van der Waals surface area contributed by atoms with Crippen LogP contribution in [0, 0.1) is 0 Å². The van der Waals surface area contributed by atoms with Crippen LogP contribution in [0.2, 0.25) is 0 Å². The van der Waals surface area contributed by atoms with Crippen molar-refractivity contribution < 1.29 is 64.6 Å². The van der Waals surface area contributed by atoms with E-state index in [9.17, 15) is 45.6 Å². The van der Waals surface area contributed by atoms with E-state index in [0.29, 0.717) is 12.8 Å². The Morgan fingerprint density at radius 3 is 1.36 bits per heavy atom. The number of rotatable bonds is 47. The Morgan fingerprint density at radius 1 is 0.486 bits per heavy atom. The molecule has 14 heteroatoms. The minimum atomic E-state index is -1.79. The molecule has 0 bridgehead atoms. The molecular weight excluding hydrogens is 919 g/mol. The van der Waals surface area contributed by atoms with Crippen LogP contribution in [0.5, 0.6) is 0 Å². The van der Waals surface area contributed by atoms with Gasteiger partial charge in [-0.1, -0.05) is 231 Å². The van der Waals surface area contributed by atoms with Gasteiger partial charge in [0.05, 0.1) is 32.0 Å². The smallest absolute Gasteiger partial charge is 0.220 e. The molecule has 14 nitrogen and oxygen atoms in total. The molecule has 1 amide bonds. The second-order valence-electron chi connectivity index (χ2n) is 21.1. The molecule has 12 unspecified atom stereocenters. The molecule has 0 saturated carbocycles. The molecular formula is C58H109NO13. The number of carbonyl (C=O) groups excluding carboxylic acids is 1. The predicted molar refractivity (Wildman–Crippen MR) is 286 cm³/mol. The number of aliphatic hydroxyl groups excluding tert-OH is 8. The van der Waals surface area contributed by atoms with E-state index in [-0.39, 0.29) is 18.9 Å². The van der Waals surface area contributed by atoms with E-state index in [2.05, 4.69) is 31.3 Å². The lowest BCUT2D eigenvalue weighted by atomic mass is 9.97. The normalized spacial score (nSPS) is 25.7. The standard InChI is InChI=1S/C58H109NO13/c1-3-5-7-9-11-13-15-16-17-18-19-20-21-22-23-24-25-26-27-28-29-30-32-33-35-37-39-41-47(62)46(59-50(63)42-40-38-36-34-31-14-12-10-8-6-4-2)45-69-57-55(68)53(66)56(49(44-61)71-57)72-58-54(67)52(65)51(64)48(43-60)70-58/h32-33,39,41,46-49,51-58,60-62,64-68H,3-31,34-38,40,42-45H2,1-2H3,(H,59,63)/b33-32+,41-39+. The lowest BCUT2D eigenvalue weighted by Gasteiger charge is -2.46. The van der Waals surface area contributed by atoms with Crippen molar-refractivity contribution >= 4 is 5.91 Å². The molecule has 2 heterocycles. The quantitative estimate of drug-likeness (QED) is 0.0205. The molecule has 2 aliphatic rings. The average molecular weight is 1030 g/mol. The van der Waals surface area contributed by atoms with Crippen LogP contribution in [0.4, 0.5) is 0 Å². The van der Waals surface area contributed by atoms with Crippen LogP contribution in [-0.2, 0) is 23.7 Å². The summed E-state index contributed by atoms with van der Waals surface area (Å²) in [5.74, 6) is -0.249. The van der Waals surface area contributed by atoms with E-state index >= 15 is 0 Å². The van der Waals surface area contributed by atoms with E-state index in [1.807, 2.05) is 6.08 Å². The monoisotopic (exact) mass is 1030 g/mol. The Bertz CT molecular complexity index is 1300. The summed E-state index contributed by atoms with van der Waals surface area (Å²) in [5, 5.41) is 86.9. The van der Waals surface area contributed by atoms with Crippen LogP contribution in [-0.4, -0.2) is 140 Å². The number of aliphatic hydroxyl groups is 8. The minimum absolute atomic E-state index is 0.249. The van der Waals surface area contributed by atoms with Gasteiger partial charge >= 0.3 is 0 Å². The summed E-state index contributed by atoms with van der Waals surface area (Å²) in [6.07, 6.45) is 35.3. The van der Waals surface area contributed by atoms with Crippen molar-refractivity contribution in [2.45, 2.75) is 319 Å². The summed E-state index contributed by atoms with van der Waals surface area (Å²) in [6.45, 7) is 2.78. The summed E-state index contributed by atoms with van der Waals surface area (Å²) >= 11 is 0. The first kappa shape index (κ1) is 66.6. The molecule has 0 spiro atoms. The highest BCUT2D eigenvalue weighted by atomic mass is 16.7. The van der Waals surface area contributed by atoms with Gasteiger partial charge in [0.15, 0.2) is 12.6 Å². The van der Waals surface area contributed by atoms with E-state index in [1.54, 1.807) is 6.08 Å². The van der Waals surface area contributed by atoms with Gasteiger partial charge in [-0.3, -0.25) is 4.79 Å². The number of unbranched alkanes of at least 4 members (excludes halogenated alkanes) is 32. The summed E-state index contributed by atoms with van der Waals surface area (Å²) in [7, 11) is 0. The van der Waals surface area contributed by atoms with Crippen LogP contribution in [0.1, 0.15) is 245 Å². The molecule has 424 valence electrons. The average Bonchev–Trinajstić information content (AvgIpc) is 3.38. The highest BCUT2D eigenvalue weighted by Gasteiger charge is 2.51. The Kier molecular flexibility index (Phi) is 41.2. The second kappa shape index (κ2) is 44.6. The van der Waals surface area contributed by atoms with Crippen molar-refractivity contribution in [2.75, 3.05) is 19.8 Å². The molecule has 2 saturated heterocycles. The van der Waals surface area contributed by atoms with Gasteiger partial charge in [-0.05, 0) is 32.1 Å². The fourth-order valence-corrected chi connectivity index (χ4v) is 9.84. The first-order chi connectivity index (χ1) is 35.1. The van der Waals surface area contributed by atoms with Crippen LogP contribution in [0.25, 0.3) is 0 Å². The molecule has 0 aromatic carbocycles. The largest absolute Gasteiger partial charge is 0.394 e. The van der Waals surface area contributed by atoms with Gasteiger partial charge in [0.2, 0.25) is 5.91 Å². The molecule has 2 rings (SSSR count). The molecule has 9 N–H and O–H groups in total. The van der Waals surface area contributed by atoms with Crippen molar-refractivity contribution in [1.29, 1.82) is 0 Å². The maximum Gasteiger partial charge on any atom is 0.220 e. The number of amides is 1. The predicted octanol–water partition coefficient (Wildman–Crippen LogP) is 9.67. The SMILES string of the molecule is CCCCCCCCCCCCCCCCCCCCCCC/C=C/CC/C=C/C(O)C(COC1OC(CO)C(OC2OC(CO)C(O)C(O)C2O)C(O)C1O)NC(=O)CCCCCCCCCCCCC. The number of hydrogen-bond acceptors (Lipinski definition) is 13. The second-order valence-corrected chi connectivity index (χ2v) is 21.1.